The molecule has 0 aliphatic rings. The van der Waals surface area contributed by atoms with E-state index in [9.17, 15) is 4.79 Å². The maximum atomic E-state index is 12.7. The van der Waals surface area contributed by atoms with Crippen LogP contribution in [0.3, 0.4) is 0 Å². The van der Waals surface area contributed by atoms with Crippen molar-refractivity contribution in [1.82, 2.24) is 4.90 Å². The molecule has 0 radical (unpaired) electrons. The fourth-order valence-electron chi connectivity index (χ4n) is 2.72. The summed E-state index contributed by atoms with van der Waals surface area (Å²) >= 11 is 11.6. The van der Waals surface area contributed by atoms with Crippen molar-refractivity contribution in [3.05, 3.63) is 58.6 Å². The van der Waals surface area contributed by atoms with E-state index < -0.39 is 6.04 Å². The van der Waals surface area contributed by atoms with Gasteiger partial charge in [0.1, 0.15) is 6.04 Å². The van der Waals surface area contributed by atoms with Crippen molar-refractivity contribution in [2.45, 2.75) is 40.2 Å². The number of anilines is 2. The lowest BCUT2D eigenvalue weighted by Crippen LogP contribution is -2.47. The third-order valence-corrected chi connectivity index (χ3v) is 4.87. The molecule has 0 unspecified atom stereocenters. The Balaban J connectivity index is 2.13. The minimum Gasteiger partial charge on any atom is -0.337 e. The Morgan fingerprint density at radius 1 is 1.19 bits per heavy atom. The lowest BCUT2D eigenvalue weighted by Gasteiger charge is -2.31. The molecule has 0 spiro atoms. The molecule has 0 aliphatic carbocycles. The lowest BCUT2D eigenvalue weighted by atomic mass is 10.1. The summed E-state index contributed by atoms with van der Waals surface area (Å²) in [7, 11) is 0. The van der Waals surface area contributed by atoms with Crippen molar-refractivity contribution in [2.75, 3.05) is 17.2 Å². The third-order valence-electron chi connectivity index (χ3n) is 4.30. The van der Waals surface area contributed by atoms with Gasteiger partial charge in [0.05, 0.1) is 0 Å². The molecule has 2 aromatic carbocycles. The maximum absolute atomic E-state index is 12.7. The van der Waals surface area contributed by atoms with Gasteiger partial charge in [-0.15, -0.1) is 0 Å². The predicted octanol–water partition coefficient (Wildman–Crippen LogP) is 5.39. The number of nitrogens with one attached hydrogen (secondary N) is 2. The molecule has 0 aromatic heterocycles. The van der Waals surface area contributed by atoms with Gasteiger partial charge in [-0.1, -0.05) is 36.7 Å². The first-order chi connectivity index (χ1) is 12.8. The fourth-order valence-corrected chi connectivity index (χ4v) is 3.27. The first kappa shape index (κ1) is 21.2. The van der Waals surface area contributed by atoms with Crippen LogP contribution in [0.1, 0.15) is 31.4 Å². The summed E-state index contributed by atoms with van der Waals surface area (Å²) in [4.78, 5) is 14.6. The summed E-state index contributed by atoms with van der Waals surface area (Å²) < 4.78 is 0. The zero-order valence-corrected chi connectivity index (χ0v) is 17.7. The third kappa shape index (κ3) is 5.94. The van der Waals surface area contributed by atoms with E-state index in [2.05, 4.69) is 35.8 Å². The quantitative estimate of drug-likeness (QED) is 0.634. The summed E-state index contributed by atoms with van der Waals surface area (Å²) in [6.07, 6.45) is 0.878. The molecule has 2 rings (SSSR count). The summed E-state index contributed by atoms with van der Waals surface area (Å²) in [6, 6.07) is 12.9. The van der Waals surface area contributed by atoms with Crippen LogP contribution in [-0.4, -0.2) is 28.5 Å². The van der Waals surface area contributed by atoms with Crippen LogP contribution in [0.5, 0.6) is 0 Å². The molecule has 2 aromatic rings. The minimum absolute atomic E-state index is 0.129. The molecule has 144 valence electrons. The highest BCUT2D eigenvalue weighted by atomic mass is 35.5. The van der Waals surface area contributed by atoms with Gasteiger partial charge in [0.2, 0.25) is 5.91 Å². The van der Waals surface area contributed by atoms with Gasteiger partial charge in [0, 0.05) is 22.9 Å². The number of carbonyl (C=O) groups excluding carboxylic acids is 1. The number of thiocarbonyl (C=S) groups is 1. The summed E-state index contributed by atoms with van der Waals surface area (Å²) in [5.74, 6) is -0.129. The molecule has 0 saturated heterocycles. The van der Waals surface area contributed by atoms with E-state index >= 15 is 0 Å². The van der Waals surface area contributed by atoms with Crippen LogP contribution in [0.25, 0.3) is 0 Å². The van der Waals surface area contributed by atoms with Crippen molar-refractivity contribution in [1.29, 1.82) is 0 Å². The normalized spacial score (nSPS) is 11.6. The van der Waals surface area contributed by atoms with Gasteiger partial charge in [-0.25, -0.2) is 0 Å². The molecule has 1 amide bonds. The van der Waals surface area contributed by atoms with E-state index in [4.69, 9.17) is 23.8 Å². The Bertz CT molecular complexity index is 825. The Hall–Kier alpha value is -2.11. The Morgan fingerprint density at radius 3 is 2.59 bits per heavy atom. The number of hydrogen-bond donors (Lipinski definition) is 2. The van der Waals surface area contributed by atoms with Crippen LogP contribution in [0.2, 0.25) is 5.02 Å². The average molecular weight is 404 g/mol. The van der Waals surface area contributed by atoms with Gasteiger partial charge in [0.25, 0.3) is 0 Å². The average Bonchev–Trinajstić information content (AvgIpc) is 2.62. The summed E-state index contributed by atoms with van der Waals surface area (Å²) in [5, 5.41) is 7.33. The van der Waals surface area contributed by atoms with Crippen LogP contribution >= 0.6 is 23.8 Å². The molecule has 4 nitrogen and oxygen atoms in total. The molecule has 6 heteroatoms. The van der Waals surface area contributed by atoms with Crippen molar-refractivity contribution in [2.24, 2.45) is 0 Å². The number of hydrogen-bond acceptors (Lipinski definition) is 2. The van der Waals surface area contributed by atoms with Crippen LogP contribution in [-0.2, 0) is 4.79 Å². The van der Waals surface area contributed by atoms with Gasteiger partial charge in [-0.2, -0.15) is 0 Å². The molecule has 0 aliphatic heterocycles. The molecular weight excluding hydrogens is 378 g/mol. The standard InChI is InChI=1S/C21H26ClN3OS/c1-5-11-25(21(27)24-19-12-14(2)9-10-15(19)3)16(4)20(26)23-18-8-6-7-17(22)13-18/h6-10,12-13,16H,5,11H2,1-4H3,(H,23,26)(H,24,27)/t16-/m1/s1. The van der Waals surface area contributed by atoms with Crippen LogP contribution < -0.4 is 10.6 Å². The zero-order chi connectivity index (χ0) is 20.0. The van der Waals surface area contributed by atoms with Crippen molar-refractivity contribution in [3.63, 3.8) is 0 Å². The van der Waals surface area contributed by atoms with Crippen molar-refractivity contribution in [3.8, 4) is 0 Å². The highest BCUT2D eigenvalue weighted by molar-refractivity contribution is 7.80. The highest BCUT2D eigenvalue weighted by Crippen LogP contribution is 2.19. The molecule has 0 saturated carbocycles. The summed E-state index contributed by atoms with van der Waals surface area (Å²) in [5.41, 5.74) is 3.89. The first-order valence-corrected chi connectivity index (χ1v) is 9.81. The predicted molar refractivity (Wildman–Crippen MR) is 119 cm³/mol. The first-order valence-electron chi connectivity index (χ1n) is 9.03. The van der Waals surface area contributed by atoms with E-state index in [1.54, 1.807) is 18.2 Å². The van der Waals surface area contributed by atoms with Crippen LogP contribution in [0, 0.1) is 13.8 Å². The molecule has 0 heterocycles. The van der Waals surface area contributed by atoms with Gasteiger partial charge < -0.3 is 15.5 Å². The van der Waals surface area contributed by atoms with E-state index in [1.165, 1.54) is 0 Å². The SMILES string of the molecule is CCCN(C(=S)Nc1cc(C)ccc1C)[C@H](C)C(=O)Nc1cccc(Cl)c1. The maximum Gasteiger partial charge on any atom is 0.246 e. The van der Waals surface area contributed by atoms with E-state index in [1.807, 2.05) is 31.7 Å². The molecule has 27 heavy (non-hydrogen) atoms. The minimum atomic E-state index is -0.422. The number of rotatable bonds is 6. The van der Waals surface area contributed by atoms with Crippen LogP contribution in [0.15, 0.2) is 42.5 Å². The second kappa shape index (κ2) is 9.72. The van der Waals surface area contributed by atoms with E-state index in [0.29, 0.717) is 22.4 Å². The van der Waals surface area contributed by atoms with Gasteiger partial charge in [0.15, 0.2) is 5.11 Å². The molecule has 2 N–H and O–H groups in total. The topological polar surface area (TPSA) is 44.4 Å². The molecular formula is C21H26ClN3OS. The largest absolute Gasteiger partial charge is 0.337 e. The van der Waals surface area contributed by atoms with E-state index in [0.717, 1.165) is 23.2 Å². The zero-order valence-electron chi connectivity index (χ0n) is 16.2. The number of halogens is 1. The smallest absolute Gasteiger partial charge is 0.246 e. The van der Waals surface area contributed by atoms with Gasteiger partial charge in [-0.05, 0) is 74.8 Å². The van der Waals surface area contributed by atoms with Crippen LogP contribution in [0.4, 0.5) is 11.4 Å². The molecule has 0 fully saturated rings. The second-order valence-electron chi connectivity index (χ2n) is 6.62. The number of benzene rings is 2. The molecule has 1 atom stereocenters. The number of nitrogens with zero attached hydrogens (tertiary/aromatic N) is 1. The second-order valence-corrected chi connectivity index (χ2v) is 7.44. The monoisotopic (exact) mass is 403 g/mol. The molecule has 0 bridgehead atoms. The van der Waals surface area contributed by atoms with Gasteiger partial charge in [-0.3, -0.25) is 4.79 Å². The number of amides is 1. The summed E-state index contributed by atoms with van der Waals surface area (Å²) in [6.45, 7) is 8.67. The van der Waals surface area contributed by atoms with Crippen molar-refractivity contribution >= 4 is 46.2 Å². The van der Waals surface area contributed by atoms with E-state index in [-0.39, 0.29) is 5.91 Å². The Kier molecular flexibility index (Phi) is 7.63. The number of carbonyl (C=O) groups is 1. The number of aryl methyl sites for hydroxylation is 2. The lowest BCUT2D eigenvalue weighted by molar-refractivity contribution is -0.119. The van der Waals surface area contributed by atoms with Gasteiger partial charge >= 0.3 is 0 Å². The van der Waals surface area contributed by atoms with Crippen molar-refractivity contribution < 1.29 is 4.79 Å². The Labute approximate surface area is 171 Å². The highest BCUT2D eigenvalue weighted by Gasteiger charge is 2.23. The Morgan fingerprint density at radius 2 is 1.93 bits per heavy atom. The fraction of sp³-hybridized carbons (Fsp3) is 0.333.